The molecule has 0 heterocycles. The van der Waals surface area contributed by atoms with Crippen LogP contribution in [-0.2, 0) is 6.54 Å². The Morgan fingerprint density at radius 1 is 1.58 bits per heavy atom. The van der Waals surface area contributed by atoms with Crippen LogP contribution in [0.5, 0.6) is 5.75 Å². The molecule has 0 aromatic heterocycles. The minimum absolute atomic E-state index is 0.0574. The zero-order valence-electron chi connectivity index (χ0n) is 10.4. The summed E-state index contributed by atoms with van der Waals surface area (Å²) < 4.78 is 5.32. The van der Waals surface area contributed by atoms with Crippen LogP contribution in [0.1, 0.15) is 18.4 Å². The first-order chi connectivity index (χ1) is 9.06. The molecule has 0 unspecified atom stereocenters. The van der Waals surface area contributed by atoms with Crippen LogP contribution in [-0.4, -0.2) is 17.6 Å². The maximum absolute atomic E-state index is 10.9. The second-order valence-corrected chi connectivity index (χ2v) is 5.05. The number of nitrogens with zero attached hydrogens (tertiary/aromatic N) is 1. The summed E-state index contributed by atoms with van der Waals surface area (Å²) in [5, 5.41) is 14.6. The van der Waals surface area contributed by atoms with E-state index >= 15 is 0 Å². The summed E-state index contributed by atoms with van der Waals surface area (Å²) in [6.07, 6.45) is 2.39. The van der Waals surface area contributed by atoms with Gasteiger partial charge in [0.25, 0.3) is 0 Å². The Morgan fingerprint density at radius 2 is 2.32 bits per heavy atom. The van der Waals surface area contributed by atoms with Gasteiger partial charge in [0.15, 0.2) is 5.75 Å². The van der Waals surface area contributed by atoms with Crippen LogP contribution in [0.2, 0.25) is 0 Å². The van der Waals surface area contributed by atoms with Crippen LogP contribution in [0.25, 0.3) is 0 Å². The number of nitro groups is 1. The predicted octanol–water partition coefficient (Wildman–Crippen LogP) is 2.98. The lowest BCUT2D eigenvalue weighted by Crippen LogP contribution is -2.15. The van der Waals surface area contributed by atoms with E-state index in [1.807, 2.05) is 0 Å². The molecule has 0 atom stereocenters. The van der Waals surface area contributed by atoms with E-state index in [9.17, 15) is 10.1 Å². The van der Waals surface area contributed by atoms with E-state index in [0.717, 1.165) is 5.56 Å². The van der Waals surface area contributed by atoms with Crippen molar-refractivity contribution < 1.29 is 9.66 Å². The third-order valence-electron chi connectivity index (χ3n) is 2.78. The first-order valence-corrected chi connectivity index (χ1v) is 6.41. The number of benzene rings is 1. The zero-order chi connectivity index (χ0) is 13.8. The van der Waals surface area contributed by atoms with Gasteiger partial charge in [0.1, 0.15) is 6.61 Å². The van der Waals surface area contributed by atoms with Crippen molar-refractivity contribution in [3.05, 3.63) is 45.5 Å². The van der Waals surface area contributed by atoms with Crippen molar-refractivity contribution in [1.82, 2.24) is 5.32 Å². The number of nitrogens with one attached hydrogen (secondary N) is 1. The Morgan fingerprint density at radius 3 is 2.89 bits per heavy atom. The van der Waals surface area contributed by atoms with Gasteiger partial charge in [0, 0.05) is 23.7 Å². The van der Waals surface area contributed by atoms with Crippen LogP contribution < -0.4 is 10.1 Å². The average Bonchev–Trinajstić information content (AvgIpc) is 3.17. The molecule has 2 rings (SSSR count). The highest BCUT2D eigenvalue weighted by Crippen LogP contribution is 2.29. The normalized spacial score (nSPS) is 14.2. The molecule has 1 aliphatic rings. The highest BCUT2D eigenvalue weighted by molar-refractivity contribution is 6.29. The molecule has 1 fully saturated rings. The fraction of sp³-hybridized carbons (Fsp3) is 0.385. The Balaban J connectivity index is 2.10. The standard InChI is InChI=1S/C13H15ClN2O3/c1-9(14)8-19-13-6-10(7-15-11-3-4-11)2-5-12(13)16(17)18/h2,5-6,11,15H,1,3-4,7-8H2. The molecule has 1 aliphatic carbocycles. The van der Waals surface area contributed by atoms with Crippen LogP contribution in [0.3, 0.4) is 0 Å². The number of ether oxygens (including phenoxy) is 1. The van der Waals surface area contributed by atoms with Gasteiger partial charge in [-0.05, 0) is 24.5 Å². The third-order valence-corrected chi connectivity index (χ3v) is 2.89. The number of hydrogen-bond acceptors (Lipinski definition) is 4. The van der Waals surface area contributed by atoms with Crippen molar-refractivity contribution in [2.75, 3.05) is 6.61 Å². The van der Waals surface area contributed by atoms with E-state index in [4.69, 9.17) is 16.3 Å². The summed E-state index contributed by atoms with van der Waals surface area (Å²) in [4.78, 5) is 10.4. The van der Waals surface area contributed by atoms with Crippen LogP contribution >= 0.6 is 11.6 Å². The minimum atomic E-state index is -0.468. The molecule has 6 heteroatoms. The van der Waals surface area contributed by atoms with E-state index in [1.54, 1.807) is 12.1 Å². The van der Waals surface area contributed by atoms with E-state index in [0.29, 0.717) is 17.6 Å². The van der Waals surface area contributed by atoms with Crippen molar-refractivity contribution in [1.29, 1.82) is 0 Å². The van der Waals surface area contributed by atoms with Gasteiger partial charge in [0.05, 0.1) is 4.92 Å². The summed E-state index contributed by atoms with van der Waals surface area (Å²) >= 11 is 5.61. The number of hydrogen-bond donors (Lipinski definition) is 1. The molecule has 1 N–H and O–H groups in total. The predicted molar refractivity (Wildman–Crippen MR) is 73.4 cm³/mol. The van der Waals surface area contributed by atoms with Gasteiger partial charge in [0.2, 0.25) is 0 Å². The molecular formula is C13H15ClN2O3. The van der Waals surface area contributed by atoms with Gasteiger partial charge in [-0.2, -0.15) is 0 Å². The minimum Gasteiger partial charge on any atom is -0.481 e. The molecule has 0 bridgehead atoms. The molecule has 1 aromatic rings. The lowest BCUT2D eigenvalue weighted by Gasteiger charge is -2.08. The monoisotopic (exact) mass is 282 g/mol. The molecule has 19 heavy (non-hydrogen) atoms. The Hall–Kier alpha value is -1.59. The fourth-order valence-corrected chi connectivity index (χ4v) is 1.70. The molecule has 0 radical (unpaired) electrons. The van der Waals surface area contributed by atoms with E-state index in [2.05, 4.69) is 11.9 Å². The van der Waals surface area contributed by atoms with Crippen molar-refractivity contribution in [2.24, 2.45) is 0 Å². The maximum Gasteiger partial charge on any atom is 0.310 e. The smallest absolute Gasteiger partial charge is 0.310 e. The molecule has 0 spiro atoms. The molecule has 0 aliphatic heterocycles. The van der Waals surface area contributed by atoms with E-state index in [1.165, 1.54) is 18.9 Å². The lowest BCUT2D eigenvalue weighted by atomic mass is 10.2. The van der Waals surface area contributed by atoms with Crippen LogP contribution in [0.15, 0.2) is 29.8 Å². The van der Waals surface area contributed by atoms with E-state index < -0.39 is 4.92 Å². The summed E-state index contributed by atoms with van der Waals surface area (Å²) in [6.45, 7) is 4.23. The van der Waals surface area contributed by atoms with Crippen molar-refractivity contribution in [3.63, 3.8) is 0 Å². The van der Waals surface area contributed by atoms with Crippen LogP contribution in [0.4, 0.5) is 5.69 Å². The molecule has 102 valence electrons. The Kier molecular flexibility index (Phi) is 4.39. The second-order valence-electron chi connectivity index (χ2n) is 4.52. The van der Waals surface area contributed by atoms with Gasteiger partial charge in [-0.25, -0.2) is 0 Å². The summed E-state index contributed by atoms with van der Waals surface area (Å²) in [5.74, 6) is 0.224. The Labute approximate surface area is 116 Å². The largest absolute Gasteiger partial charge is 0.481 e. The first kappa shape index (κ1) is 13.8. The van der Waals surface area contributed by atoms with E-state index in [-0.39, 0.29) is 18.0 Å². The van der Waals surface area contributed by atoms with Crippen molar-refractivity contribution >= 4 is 17.3 Å². The SMILES string of the molecule is C=C(Cl)COc1cc(CNC2CC2)ccc1[N+](=O)[O-]. The molecule has 0 amide bonds. The summed E-state index contributed by atoms with van der Waals surface area (Å²) in [5.41, 5.74) is 0.890. The van der Waals surface area contributed by atoms with Crippen LogP contribution in [0, 0.1) is 10.1 Å². The number of nitro benzene ring substituents is 1. The van der Waals surface area contributed by atoms with Crippen molar-refractivity contribution in [3.8, 4) is 5.75 Å². The van der Waals surface area contributed by atoms with Gasteiger partial charge in [-0.3, -0.25) is 10.1 Å². The topological polar surface area (TPSA) is 64.4 Å². The molecular weight excluding hydrogens is 268 g/mol. The number of halogens is 1. The highest BCUT2D eigenvalue weighted by Gasteiger charge is 2.21. The summed E-state index contributed by atoms with van der Waals surface area (Å²) in [7, 11) is 0. The second kappa shape index (κ2) is 6.04. The third kappa shape index (κ3) is 4.22. The number of rotatable bonds is 7. The Bertz CT molecular complexity index is 501. The van der Waals surface area contributed by atoms with Gasteiger partial charge >= 0.3 is 5.69 Å². The zero-order valence-corrected chi connectivity index (χ0v) is 11.2. The molecule has 5 nitrogen and oxygen atoms in total. The molecule has 1 saturated carbocycles. The van der Waals surface area contributed by atoms with Crippen molar-refractivity contribution in [2.45, 2.75) is 25.4 Å². The maximum atomic E-state index is 10.9. The highest BCUT2D eigenvalue weighted by atomic mass is 35.5. The summed E-state index contributed by atoms with van der Waals surface area (Å²) in [6, 6.07) is 5.45. The fourth-order valence-electron chi connectivity index (χ4n) is 1.64. The van der Waals surface area contributed by atoms with Gasteiger partial charge in [-0.15, -0.1) is 0 Å². The quantitative estimate of drug-likeness (QED) is 0.617. The average molecular weight is 283 g/mol. The molecule has 0 saturated heterocycles. The molecule has 1 aromatic carbocycles. The van der Waals surface area contributed by atoms with Gasteiger partial charge in [-0.1, -0.05) is 24.2 Å². The lowest BCUT2D eigenvalue weighted by molar-refractivity contribution is -0.385. The first-order valence-electron chi connectivity index (χ1n) is 6.03. The van der Waals surface area contributed by atoms with Gasteiger partial charge < -0.3 is 10.1 Å².